The number of ketones is 1. The van der Waals surface area contributed by atoms with E-state index in [9.17, 15) is 4.79 Å². The molecule has 2 saturated heterocycles. The summed E-state index contributed by atoms with van der Waals surface area (Å²) >= 11 is 0. The van der Waals surface area contributed by atoms with Crippen LogP contribution in [0.4, 0.5) is 5.69 Å². The number of nitrogens with one attached hydrogen (secondary N) is 2. The van der Waals surface area contributed by atoms with Crippen LogP contribution in [0, 0.1) is 0 Å². The van der Waals surface area contributed by atoms with Crippen LogP contribution in [0.2, 0.25) is 0 Å². The van der Waals surface area contributed by atoms with Crippen molar-refractivity contribution in [3.63, 3.8) is 0 Å². The van der Waals surface area contributed by atoms with Crippen molar-refractivity contribution < 1.29 is 4.79 Å². The molecule has 3 aliphatic rings. The monoisotopic (exact) mass is 526 g/mol. The van der Waals surface area contributed by atoms with E-state index in [4.69, 9.17) is 4.98 Å². The summed E-state index contributed by atoms with van der Waals surface area (Å²) < 4.78 is 0. The molecule has 2 aromatic heterocycles. The Morgan fingerprint density at radius 1 is 1.08 bits per heavy atom. The van der Waals surface area contributed by atoms with Gasteiger partial charge >= 0.3 is 0 Å². The maximum atomic E-state index is 13.7. The van der Waals surface area contributed by atoms with Gasteiger partial charge < -0.3 is 20.1 Å². The Kier molecular flexibility index (Phi) is 7.05. The molecule has 2 N–H and O–H groups in total. The number of pyridine rings is 1. The molecule has 0 amide bonds. The van der Waals surface area contributed by atoms with Crippen molar-refractivity contribution in [2.24, 2.45) is 4.99 Å². The van der Waals surface area contributed by atoms with E-state index in [1.54, 1.807) is 12.3 Å². The molecule has 0 spiro atoms. The van der Waals surface area contributed by atoms with Crippen LogP contribution in [0.1, 0.15) is 41.6 Å². The predicted molar refractivity (Wildman–Crippen MR) is 156 cm³/mol. The summed E-state index contributed by atoms with van der Waals surface area (Å²) in [6.07, 6.45) is 7.99. The zero-order chi connectivity index (χ0) is 27.0. The SMILES string of the molecule is CC1=CC=NCC1(c1cc(C(=O)c2nc3ccc(N4CCC(N(C)C)CC4)cc3[nH]2)ccn1)N1CCNCC1. The number of aromatic amines is 1. The van der Waals surface area contributed by atoms with Gasteiger partial charge in [0.2, 0.25) is 5.78 Å². The van der Waals surface area contributed by atoms with Crippen LogP contribution in [0.3, 0.4) is 0 Å². The number of dihydropyridines is 1. The van der Waals surface area contributed by atoms with Gasteiger partial charge in [0.25, 0.3) is 0 Å². The molecule has 1 unspecified atom stereocenters. The first-order valence-corrected chi connectivity index (χ1v) is 14.0. The van der Waals surface area contributed by atoms with Gasteiger partial charge in [-0.05, 0) is 75.8 Å². The normalized spacial score (nSPS) is 23.0. The first-order valence-electron chi connectivity index (χ1n) is 14.0. The molecule has 204 valence electrons. The fraction of sp³-hybridized carbons (Fsp3) is 0.467. The van der Waals surface area contributed by atoms with Crippen molar-refractivity contribution in [2.75, 3.05) is 64.8 Å². The third kappa shape index (κ3) is 4.79. The molecule has 1 aromatic carbocycles. The molecule has 3 aliphatic heterocycles. The summed E-state index contributed by atoms with van der Waals surface area (Å²) in [5.74, 6) is 0.232. The number of carbonyl (C=O) groups is 1. The van der Waals surface area contributed by atoms with Crippen molar-refractivity contribution in [1.82, 2.24) is 30.1 Å². The molecule has 5 heterocycles. The van der Waals surface area contributed by atoms with Crippen molar-refractivity contribution in [3.8, 4) is 0 Å². The quantitative estimate of drug-likeness (QED) is 0.477. The highest BCUT2D eigenvalue weighted by molar-refractivity contribution is 6.08. The van der Waals surface area contributed by atoms with E-state index in [0.717, 1.165) is 68.8 Å². The van der Waals surface area contributed by atoms with Gasteiger partial charge in [0.15, 0.2) is 5.82 Å². The van der Waals surface area contributed by atoms with Crippen molar-refractivity contribution in [1.29, 1.82) is 0 Å². The third-order valence-corrected chi connectivity index (χ3v) is 8.75. The molecule has 9 heteroatoms. The van der Waals surface area contributed by atoms with E-state index in [0.29, 0.717) is 24.0 Å². The van der Waals surface area contributed by atoms with Gasteiger partial charge in [0.05, 0.1) is 23.3 Å². The molecule has 6 rings (SSSR count). The second kappa shape index (κ2) is 10.6. The van der Waals surface area contributed by atoms with Gasteiger partial charge in [0.1, 0.15) is 5.54 Å². The van der Waals surface area contributed by atoms with Crippen molar-refractivity contribution in [2.45, 2.75) is 31.3 Å². The van der Waals surface area contributed by atoms with E-state index >= 15 is 0 Å². The fourth-order valence-electron chi connectivity index (χ4n) is 6.33. The number of allylic oxidation sites excluding steroid dienone is 1. The number of rotatable bonds is 6. The molecule has 3 aromatic rings. The number of aliphatic imine (C=N–C) groups is 1. The maximum absolute atomic E-state index is 13.7. The summed E-state index contributed by atoms with van der Waals surface area (Å²) in [4.78, 5) is 38.3. The van der Waals surface area contributed by atoms with E-state index in [2.05, 4.69) is 74.2 Å². The van der Waals surface area contributed by atoms with E-state index < -0.39 is 5.54 Å². The number of H-pyrrole nitrogens is 1. The van der Waals surface area contributed by atoms with Gasteiger partial charge in [-0.2, -0.15) is 0 Å². The highest BCUT2D eigenvalue weighted by atomic mass is 16.1. The summed E-state index contributed by atoms with van der Waals surface area (Å²) in [7, 11) is 4.32. The molecule has 0 bridgehead atoms. The van der Waals surface area contributed by atoms with Crippen molar-refractivity contribution in [3.05, 3.63) is 65.3 Å². The van der Waals surface area contributed by atoms with E-state index in [1.807, 2.05) is 18.3 Å². The minimum Gasteiger partial charge on any atom is -0.371 e. The number of benzene rings is 1. The second-order valence-electron chi connectivity index (χ2n) is 11.2. The van der Waals surface area contributed by atoms with Crippen LogP contribution in [0.25, 0.3) is 11.0 Å². The molecule has 1 atom stereocenters. The highest BCUT2D eigenvalue weighted by Crippen LogP contribution is 2.37. The molecular weight excluding hydrogens is 488 g/mol. The maximum Gasteiger partial charge on any atom is 0.228 e. The minimum atomic E-state index is -0.448. The Balaban J connectivity index is 1.27. The topological polar surface area (TPSA) is 92.8 Å². The largest absolute Gasteiger partial charge is 0.371 e. The van der Waals surface area contributed by atoms with E-state index in [1.165, 1.54) is 11.3 Å². The number of carbonyl (C=O) groups excluding carboxylic acids is 1. The number of piperazine rings is 1. The van der Waals surface area contributed by atoms with Crippen LogP contribution in [-0.2, 0) is 5.54 Å². The van der Waals surface area contributed by atoms with E-state index in [-0.39, 0.29) is 5.78 Å². The summed E-state index contributed by atoms with van der Waals surface area (Å²) in [5.41, 5.74) is 5.06. The minimum absolute atomic E-state index is 0.125. The third-order valence-electron chi connectivity index (χ3n) is 8.75. The number of imidazole rings is 1. The number of anilines is 1. The fourth-order valence-corrected chi connectivity index (χ4v) is 6.33. The average molecular weight is 527 g/mol. The average Bonchev–Trinajstić information content (AvgIpc) is 3.41. The number of nitrogens with zero attached hydrogens (tertiary/aromatic N) is 6. The Morgan fingerprint density at radius 2 is 1.87 bits per heavy atom. The van der Waals surface area contributed by atoms with Gasteiger partial charge in [0, 0.05) is 69.0 Å². The Morgan fingerprint density at radius 3 is 2.62 bits per heavy atom. The smallest absolute Gasteiger partial charge is 0.228 e. The van der Waals surface area contributed by atoms with Crippen LogP contribution >= 0.6 is 0 Å². The molecule has 0 radical (unpaired) electrons. The Hall–Kier alpha value is -3.40. The second-order valence-corrected chi connectivity index (χ2v) is 11.2. The molecule has 2 fully saturated rings. The number of piperidine rings is 1. The number of hydrogen-bond donors (Lipinski definition) is 2. The standard InChI is InChI=1S/C30H38N8O/c1-21-6-10-32-20-30(21,38-16-12-31-13-17-38)27-18-22(7-11-33-27)28(39)29-34-25-5-4-24(19-26(25)35-29)37-14-8-23(9-15-37)36(2)3/h4-7,10-11,18-19,23,31H,8-9,12-17,20H2,1-3H3,(H,34,35). The number of hydrogen-bond acceptors (Lipinski definition) is 8. The Bertz CT molecular complexity index is 1410. The van der Waals surface area contributed by atoms with Gasteiger partial charge in [-0.15, -0.1) is 0 Å². The lowest BCUT2D eigenvalue weighted by molar-refractivity contribution is 0.101. The first kappa shape index (κ1) is 25.9. The lowest BCUT2D eigenvalue weighted by Gasteiger charge is -2.46. The van der Waals surface area contributed by atoms with Crippen LogP contribution in [0.15, 0.2) is 53.2 Å². The zero-order valence-electron chi connectivity index (χ0n) is 23.2. The van der Waals surface area contributed by atoms with Gasteiger partial charge in [-0.3, -0.25) is 19.7 Å². The predicted octanol–water partition coefficient (Wildman–Crippen LogP) is 2.85. The van der Waals surface area contributed by atoms with Gasteiger partial charge in [-0.25, -0.2) is 4.98 Å². The summed E-state index contributed by atoms with van der Waals surface area (Å²) in [6, 6.07) is 10.6. The highest BCUT2D eigenvalue weighted by Gasteiger charge is 2.43. The first-order chi connectivity index (χ1) is 19.0. The van der Waals surface area contributed by atoms with Gasteiger partial charge in [-0.1, -0.05) is 0 Å². The molecule has 0 aliphatic carbocycles. The molecular formula is C30H38N8O. The van der Waals surface area contributed by atoms with Crippen molar-refractivity contribution >= 4 is 28.7 Å². The lowest BCUT2D eigenvalue weighted by Crippen LogP contribution is -2.57. The zero-order valence-corrected chi connectivity index (χ0v) is 23.2. The molecule has 9 nitrogen and oxygen atoms in total. The number of aromatic nitrogens is 3. The number of fused-ring (bicyclic) bond motifs is 1. The van der Waals surface area contributed by atoms with Crippen LogP contribution in [0.5, 0.6) is 0 Å². The molecule has 0 saturated carbocycles. The van der Waals surface area contributed by atoms with Crippen LogP contribution in [-0.4, -0.2) is 103 Å². The Labute approximate surface area is 230 Å². The molecule has 39 heavy (non-hydrogen) atoms. The lowest BCUT2D eigenvalue weighted by atomic mass is 9.82. The van der Waals surface area contributed by atoms with Crippen LogP contribution < -0.4 is 10.2 Å². The summed E-state index contributed by atoms with van der Waals surface area (Å²) in [5, 5.41) is 3.44. The summed E-state index contributed by atoms with van der Waals surface area (Å²) in [6.45, 7) is 8.45.